The van der Waals surface area contributed by atoms with Crippen molar-refractivity contribution in [3.05, 3.63) is 223 Å². The molecule has 4 aromatic carbocycles. The van der Waals surface area contributed by atoms with Crippen LogP contribution in [-0.4, -0.2) is 68.4 Å². The summed E-state index contributed by atoms with van der Waals surface area (Å²) >= 11 is 0. The molecule has 0 radical (unpaired) electrons. The summed E-state index contributed by atoms with van der Waals surface area (Å²) in [7, 11) is -9.89. The summed E-state index contributed by atoms with van der Waals surface area (Å²) < 4.78 is 72.5. The number of benzene rings is 4. The maximum absolute atomic E-state index is 8.49. The summed E-state index contributed by atoms with van der Waals surface area (Å²) in [6.07, 6.45) is 24.0. The van der Waals surface area contributed by atoms with Crippen LogP contribution in [0, 0.1) is 20.5 Å². The van der Waals surface area contributed by atoms with Gasteiger partial charge in [0.15, 0.2) is 13.1 Å². The molecule has 4 aromatic rings. The summed E-state index contributed by atoms with van der Waals surface area (Å²) in [5.41, 5.74) is 10.7. The van der Waals surface area contributed by atoms with Gasteiger partial charge in [-0.25, -0.2) is 41.8 Å². The van der Waals surface area contributed by atoms with E-state index in [9.17, 15) is 0 Å². The van der Waals surface area contributed by atoms with E-state index in [-0.39, 0.29) is 0 Å². The number of nitrogens with zero attached hydrogens (tertiary/aromatic N) is 6. The first-order valence-corrected chi connectivity index (χ1v) is 24.1. The monoisotopic (exact) mass is 990 g/mol. The van der Waals surface area contributed by atoms with Crippen LogP contribution in [0.4, 0.5) is 45.5 Å². The zero-order chi connectivity index (χ0) is 51.7. The Hall–Kier alpha value is -6.92. The largest absolute Gasteiger partial charge is 0.364 e. The molecule has 16 heteroatoms. The molecule has 70 heavy (non-hydrogen) atoms. The molecule has 1 aliphatic rings. The second-order valence-electron chi connectivity index (χ2n) is 14.9. The lowest BCUT2D eigenvalue weighted by molar-refractivity contribution is -2.00. The Kier molecular flexibility index (Phi) is 23.9. The van der Waals surface area contributed by atoms with Crippen LogP contribution in [0.25, 0.3) is 0 Å². The lowest BCUT2D eigenvalue weighted by Crippen LogP contribution is -2.68. The summed E-state index contributed by atoms with van der Waals surface area (Å²) in [6.45, 7) is 37.6. The van der Waals surface area contributed by atoms with Gasteiger partial charge in [-0.1, -0.05) is 49.6 Å². The first-order chi connectivity index (χ1) is 33.4. The third-order valence-corrected chi connectivity index (χ3v) is 10.1. The smallest absolute Gasteiger partial charge is 0.212 e. The molecule has 0 heterocycles. The highest BCUT2D eigenvalue weighted by Gasteiger charge is 2.23. The van der Waals surface area contributed by atoms with Gasteiger partial charge in [0.1, 0.15) is 0 Å². The predicted molar refractivity (Wildman–Crippen MR) is 266 cm³/mol. The van der Waals surface area contributed by atoms with Crippen molar-refractivity contribution >= 4 is 56.9 Å². The normalized spacial score (nSPS) is 11.6. The summed E-state index contributed by atoms with van der Waals surface area (Å²) in [5.74, 6) is 0. The van der Waals surface area contributed by atoms with Gasteiger partial charge in [-0.15, -0.1) is 60.0 Å². The second kappa shape index (κ2) is 29.2. The Balaban J connectivity index is 0.00000117. The molecule has 0 atom stereocenters. The molecule has 0 saturated carbocycles. The lowest BCUT2D eigenvalue weighted by Gasteiger charge is -2.28. The third kappa shape index (κ3) is 19.2. The number of halogens is 2. The van der Waals surface area contributed by atoms with Gasteiger partial charge in [-0.2, -0.15) is 4.58 Å². The Bertz CT molecular complexity index is 2340. The Morgan fingerprint density at radius 3 is 0.829 bits per heavy atom. The highest BCUT2D eigenvalue weighted by Crippen LogP contribution is 2.38. The molecule has 0 saturated heterocycles. The maximum atomic E-state index is 8.49. The van der Waals surface area contributed by atoms with E-state index in [1.165, 1.54) is 0 Å². The zero-order valence-electron chi connectivity index (χ0n) is 39.2. The van der Waals surface area contributed by atoms with Crippen molar-refractivity contribution in [2.24, 2.45) is 0 Å². The van der Waals surface area contributed by atoms with E-state index >= 15 is 0 Å². The molecule has 14 nitrogen and oxygen atoms in total. The van der Waals surface area contributed by atoms with E-state index < -0.39 is 20.5 Å². The first kappa shape index (κ1) is 57.4. The molecule has 0 N–H and O–H groups in total. The summed E-state index contributed by atoms with van der Waals surface area (Å²) in [6, 6.07) is 34.9. The zero-order valence-corrected chi connectivity index (χ0v) is 40.7. The van der Waals surface area contributed by atoms with Crippen molar-refractivity contribution in [2.75, 3.05) is 72.0 Å². The van der Waals surface area contributed by atoms with Gasteiger partial charge in [-0.3, -0.25) is 0 Å². The fourth-order valence-corrected chi connectivity index (χ4v) is 7.28. The third-order valence-electron chi connectivity index (χ3n) is 10.1. The predicted octanol–water partition coefficient (Wildman–Crippen LogP) is 2.41. The van der Waals surface area contributed by atoms with E-state index in [2.05, 4.69) is 203 Å². The van der Waals surface area contributed by atoms with Crippen molar-refractivity contribution in [1.29, 1.82) is 0 Å². The highest BCUT2D eigenvalue weighted by atomic mass is 35.7. The van der Waals surface area contributed by atoms with Crippen LogP contribution >= 0.6 is 0 Å². The molecule has 0 aliphatic heterocycles. The fourth-order valence-electron chi connectivity index (χ4n) is 7.28. The van der Waals surface area contributed by atoms with E-state index in [4.69, 9.17) is 37.3 Å². The molecule has 0 spiro atoms. The minimum atomic E-state index is -4.94. The van der Waals surface area contributed by atoms with E-state index in [0.717, 1.165) is 109 Å². The number of allylic oxidation sites excluding steroid dienone is 4. The molecule has 5 rings (SSSR count). The quantitative estimate of drug-likeness (QED) is 0.0565. The van der Waals surface area contributed by atoms with Crippen LogP contribution in [0.1, 0.15) is 0 Å². The minimum Gasteiger partial charge on any atom is -0.364 e. The molecule has 1 aliphatic carbocycles. The topological polar surface area (TPSA) is 203 Å². The van der Waals surface area contributed by atoms with Crippen molar-refractivity contribution in [2.45, 2.75) is 0 Å². The Morgan fingerprint density at radius 1 is 0.343 bits per heavy atom. The second-order valence-corrected chi connectivity index (χ2v) is 16.4. The fraction of sp³-hybridized carbons (Fsp3) is 0.148. The standard InChI is InChI=1S/C54H60N6.2ClHO4/c1-9-37-55(38-10-2)45-17-25-49(26-18-45)59(50-27-19-46(20-28-50)56(39-11-3)40-12-4)53-33-35-54(36-34-53)60(51-29-21-47(22-30-51)57(41-13-5)42-14-6)52-31-23-48(24-32-52)58(43-15-7)44-16-8;2*2-1(3,4)5/h9-36H,1-8,37-44H2;2*(H,2,3,4,5)/q+2;;/p-2. The average molecular weight is 992 g/mol. The molecule has 0 amide bonds. The van der Waals surface area contributed by atoms with E-state index in [1.54, 1.807) is 0 Å². The number of anilines is 6. The SMILES string of the molecule is C=CCN(CC=C)c1ccc(N(c2ccc(N(CC=C)CC=C)cc2)c2ccc([N+](=C3C=CC(=[N+](CC=C)CC=C)C=C3)c3ccc(N(CC=C)CC=C)cc3)cc2)cc1.[O-][Cl+3]([O-])([O-])[O-].[O-][Cl+3]([O-])([O-])[O-]. The van der Waals surface area contributed by atoms with E-state index in [1.807, 2.05) is 48.6 Å². The average Bonchev–Trinajstić information content (AvgIpc) is 3.32. The van der Waals surface area contributed by atoms with Crippen LogP contribution in [0.3, 0.4) is 0 Å². The molecule has 0 fully saturated rings. The number of rotatable bonds is 24. The maximum Gasteiger partial charge on any atom is 0.212 e. The van der Waals surface area contributed by atoms with Gasteiger partial charge in [0.2, 0.25) is 22.8 Å². The molecule has 0 aromatic heterocycles. The summed E-state index contributed by atoms with van der Waals surface area (Å²) in [4.78, 5) is 9.02. The van der Waals surface area contributed by atoms with Gasteiger partial charge in [0, 0.05) is 122 Å². The van der Waals surface area contributed by atoms with E-state index in [0.29, 0.717) is 0 Å². The van der Waals surface area contributed by atoms with Crippen molar-refractivity contribution in [3.8, 4) is 0 Å². The molecular weight excluding hydrogens is 932 g/mol. The van der Waals surface area contributed by atoms with Crippen molar-refractivity contribution < 1.29 is 62.3 Å². The van der Waals surface area contributed by atoms with Crippen molar-refractivity contribution in [1.82, 2.24) is 4.58 Å². The molecule has 0 bridgehead atoms. The summed E-state index contributed by atoms with van der Waals surface area (Å²) in [5, 5.41) is 0. The van der Waals surface area contributed by atoms with Gasteiger partial charge in [0.05, 0.1) is 0 Å². The molecule has 368 valence electrons. The van der Waals surface area contributed by atoms with Crippen LogP contribution < -0.4 is 61.4 Å². The van der Waals surface area contributed by atoms with Crippen LogP contribution in [0.15, 0.2) is 223 Å². The van der Waals surface area contributed by atoms with Crippen molar-refractivity contribution in [3.63, 3.8) is 0 Å². The Morgan fingerprint density at radius 2 is 0.571 bits per heavy atom. The van der Waals surface area contributed by atoms with Gasteiger partial charge in [0.25, 0.3) is 0 Å². The molecule has 0 unspecified atom stereocenters. The van der Waals surface area contributed by atoms with Crippen LogP contribution in [0.5, 0.6) is 0 Å². The number of hydrogen-bond acceptors (Lipinski definition) is 12. The first-order valence-electron chi connectivity index (χ1n) is 21.6. The Labute approximate surface area is 416 Å². The minimum absolute atomic E-state index is 0.732. The number of hydrogen-bond donors (Lipinski definition) is 0. The highest BCUT2D eigenvalue weighted by molar-refractivity contribution is 6.18. The molecular formula is C54H60Cl2N6O8. The lowest BCUT2D eigenvalue weighted by atomic mass is 10.1. The van der Waals surface area contributed by atoms with Crippen LogP contribution in [0.2, 0.25) is 0 Å². The van der Waals surface area contributed by atoms with Gasteiger partial charge < -0.3 is 19.6 Å². The van der Waals surface area contributed by atoms with Gasteiger partial charge >= 0.3 is 0 Å². The van der Waals surface area contributed by atoms with Crippen LogP contribution in [-0.2, 0) is 0 Å². The van der Waals surface area contributed by atoms with Gasteiger partial charge in [-0.05, 0) is 84.9 Å².